The average molecular weight is 315 g/mol. The first-order valence-electron chi connectivity index (χ1n) is 7.95. The minimum absolute atomic E-state index is 0.0222. The van der Waals surface area contributed by atoms with Crippen molar-refractivity contribution in [2.24, 2.45) is 0 Å². The molecule has 2 fully saturated rings. The second kappa shape index (κ2) is 6.02. The molecule has 0 saturated carbocycles. The van der Waals surface area contributed by atoms with Gasteiger partial charge >= 0.3 is 0 Å². The molecule has 0 aliphatic carbocycles. The van der Waals surface area contributed by atoms with Crippen LogP contribution >= 0.6 is 0 Å². The summed E-state index contributed by atoms with van der Waals surface area (Å²) in [4.78, 5) is 40.3. The number of piperazine rings is 1. The molecule has 0 unspecified atom stereocenters. The first kappa shape index (κ1) is 15.5. The molecular formula is C17H21N3O3. The highest BCUT2D eigenvalue weighted by Gasteiger charge is 2.49. The van der Waals surface area contributed by atoms with Gasteiger partial charge in [-0.25, -0.2) is 0 Å². The fourth-order valence-electron chi connectivity index (χ4n) is 3.58. The maximum Gasteiger partial charge on any atom is 0.253 e. The number of likely N-dealkylation sites (tertiary alicyclic amines) is 1. The Balaban J connectivity index is 1.75. The minimum atomic E-state index is -0.794. The highest BCUT2D eigenvalue weighted by atomic mass is 16.2. The summed E-state index contributed by atoms with van der Waals surface area (Å²) in [6.07, 6.45) is 0.966. The van der Waals surface area contributed by atoms with Crippen LogP contribution in [0.25, 0.3) is 0 Å². The third kappa shape index (κ3) is 2.69. The number of hydrogen-bond donors (Lipinski definition) is 1. The van der Waals surface area contributed by atoms with Crippen molar-refractivity contribution < 1.29 is 14.4 Å². The van der Waals surface area contributed by atoms with Crippen LogP contribution in [0, 0.1) is 0 Å². The maximum absolute atomic E-state index is 12.5. The van der Waals surface area contributed by atoms with Crippen molar-refractivity contribution in [2.45, 2.75) is 25.3 Å². The van der Waals surface area contributed by atoms with E-state index in [0.29, 0.717) is 44.6 Å². The fourth-order valence-corrected chi connectivity index (χ4v) is 3.58. The van der Waals surface area contributed by atoms with Crippen molar-refractivity contribution in [3.63, 3.8) is 0 Å². The smallest absolute Gasteiger partial charge is 0.253 e. The number of nitrogens with one attached hydrogen (secondary N) is 1. The van der Waals surface area contributed by atoms with Gasteiger partial charge in [0.15, 0.2) is 0 Å². The van der Waals surface area contributed by atoms with E-state index in [1.54, 1.807) is 21.9 Å². The quantitative estimate of drug-likeness (QED) is 0.827. The summed E-state index contributed by atoms with van der Waals surface area (Å²) in [5.74, 6) is -0.195. The number of carbonyl (C=O) groups excluding carboxylic acids is 3. The molecule has 2 aliphatic heterocycles. The Morgan fingerprint density at radius 1 is 1.09 bits per heavy atom. The van der Waals surface area contributed by atoms with E-state index in [1.807, 2.05) is 18.2 Å². The average Bonchev–Trinajstić information content (AvgIpc) is 2.58. The van der Waals surface area contributed by atoms with Crippen molar-refractivity contribution in [1.82, 2.24) is 15.1 Å². The van der Waals surface area contributed by atoms with Crippen LogP contribution in [0.3, 0.4) is 0 Å². The van der Waals surface area contributed by atoms with Crippen molar-refractivity contribution in [3.8, 4) is 0 Å². The van der Waals surface area contributed by atoms with Crippen LogP contribution in [0.4, 0.5) is 0 Å². The molecule has 6 nitrogen and oxygen atoms in total. The van der Waals surface area contributed by atoms with E-state index in [0.717, 1.165) is 0 Å². The van der Waals surface area contributed by atoms with Gasteiger partial charge in [0.2, 0.25) is 11.8 Å². The Morgan fingerprint density at radius 2 is 1.74 bits per heavy atom. The molecule has 0 atom stereocenters. The van der Waals surface area contributed by atoms with Gasteiger partial charge in [0.25, 0.3) is 5.91 Å². The molecule has 1 N–H and O–H groups in total. The molecular weight excluding hydrogens is 294 g/mol. The Morgan fingerprint density at radius 3 is 2.35 bits per heavy atom. The van der Waals surface area contributed by atoms with Crippen molar-refractivity contribution in [1.29, 1.82) is 0 Å². The lowest BCUT2D eigenvalue weighted by Crippen LogP contribution is -2.69. The van der Waals surface area contributed by atoms with Gasteiger partial charge in [-0.3, -0.25) is 14.4 Å². The van der Waals surface area contributed by atoms with Crippen LogP contribution in [0.5, 0.6) is 0 Å². The highest BCUT2D eigenvalue weighted by molar-refractivity contribution is 5.95. The first-order chi connectivity index (χ1) is 11.0. The monoisotopic (exact) mass is 315 g/mol. The van der Waals surface area contributed by atoms with Gasteiger partial charge in [-0.1, -0.05) is 18.2 Å². The molecule has 1 aromatic rings. The molecule has 6 heteroatoms. The maximum atomic E-state index is 12.5. The molecule has 23 heavy (non-hydrogen) atoms. The van der Waals surface area contributed by atoms with Gasteiger partial charge in [0, 0.05) is 38.7 Å². The zero-order valence-corrected chi connectivity index (χ0v) is 13.2. The molecule has 2 saturated heterocycles. The van der Waals surface area contributed by atoms with Gasteiger partial charge in [-0.15, -0.1) is 0 Å². The molecule has 1 spiro atoms. The van der Waals surface area contributed by atoms with E-state index in [4.69, 9.17) is 0 Å². The highest BCUT2D eigenvalue weighted by Crippen LogP contribution is 2.31. The summed E-state index contributed by atoms with van der Waals surface area (Å²) in [5.41, 5.74) is -0.141. The molecule has 3 amide bonds. The van der Waals surface area contributed by atoms with Gasteiger partial charge in [-0.05, 0) is 25.0 Å². The third-order valence-corrected chi connectivity index (χ3v) is 4.84. The zero-order chi connectivity index (χ0) is 16.4. The number of nitrogens with zero attached hydrogens (tertiary/aromatic N) is 2. The lowest BCUT2D eigenvalue weighted by atomic mass is 9.83. The lowest BCUT2D eigenvalue weighted by Gasteiger charge is -2.49. The molecule has 0 aromatic heterocycles. The van der Waals surface area contributed by atoms with E-state index in [1.165, 1.54) is 6.92 Å². The summed E-state index contributed by atoms with van der Waals surface area (Å²) in [6, 6.07) is 9.14. The van der Waals surface area contributed by atoms with Crippen LogP contribution in [0.2, 0.25) is 0 Å². The number of benzene rings is 1. The van der Waals surface area contributed by atoms with E-state index < -0.39 is 5.54 Å². The van der Waals surface area contributed by atoms with Gasteiger partial charge in [-0.2, -0.15) is 0 Å². The van der Waals surface area contributed by atoms with Crippen LogP contribution in [0.15, 0.2) is 30.3 Å². The second-order valence-electron chi connectivity index (χ2n) is 6.12. The topological polar surface area (TPSA) is 69.7 Å². The predicted molar refractivity (Wildman–Crippen MR) is 84.7 cm³/mol. The number of hydrogen-bond acceptors (Lipinski definition) is 3. The summed E-state index contributed by atoms with van der Waals surface area (Å²) >= 11 is 0. The summed E-state index contributed by atoms with van der Waals surface area (Å²) < 4.78 is 0. The lowest BCUT2D eigenvalue weighted by molar-refractivity contribution is -0.153. The third-order valence-electron chi connectivity index (χ3n) is 4.84. The number of rotatable bonds is 1. The molecule has 2 heterocycles. The van der Waals surface area contributed by atoms with Crippen LogP contribution in [-0.2, 0) is 9.59 Å². The van der Waals surface area contributed by atoms with E-state index in [-0.39, 0.29) is 17.7 Å². The van der Waals surface area contributed by atoms with Crippen LogP contribution in [-0.4, -0.2) is 59.2 Å². The summed E-state index contributed by atoms with van der Waals surface area (Å²) in [7, 11) is 0. The van der Waals surface area contributed by atoms with Gasteiger partial charge in [0.1, 0.15) is 5.54 Å². The molecule has 0 bridgehead atoms. The Bertz CT molecular complexity index is 621. The Kier molecular flexibility index (Phi) is 4.07. The first-order valence-corrected chi connectivity index (χ1v) is 7.95. The normalized spacial score (nSPS) is 20.3. The fraction of sp³-hybridized carbons (Fsp3) is 0.471. The van der Waals surface area contributed by atoms with Crippen molar-refractivity contribution in [3.05, 3.63) is 35.9 Å². The Hall–Kier alpha value is -2.37. The molecule has 2 aliphatic rings. The zero-order valence-electron chi connectivity index (χ0n) is 13.2. The minimum Gasteiger partial charge on any atom is -0.352 e. The van der Waals surface area contributed by atoms with Gasteiger partial charge in [0.05, 0.1) is 0 Å². The van der Waals surface area contributed by atoms with E-state index >= 15 is 0 Å². The predicted octanol–water partition coefficient (Wildman–Crippen LogP) is 0.640. The summed E-state index contributed by atoms with van der Waals surface area (Å²) in [5, 5.41) is 2.87. The number of carbonyl (C=O) groups is 3. The van der Waals surface area contributed by atoms with Crippen LogP contribution in [0.1, 0.15) is 30.1 Å². The van der Waals surface area contributed by atoms with Crippen molar-refractivity contribution in [2.75, 3.05) is 26.2 Å². The number of amides is 3. The van der Waals surface area contributed by atoms with Gasteiger partial charge < -0.3 is 15.1 Å². The molecule has 0 radical (unpaired) electrons. The Labute approximate surface area is 135 Å². The van der Waals surface area contributed by atoms with E-state index in [9.17, 15) is 14.4 Å². The second-order valence-corrected chi connectivity index (χ2v) is 6.12. The van der Waals surface area contributed by atoms with Crippen LogP contribution < -0.4 is 5.32 Å². The molecule has 122 valence electrons. The van der Waals surface area contributed by atoms with E-state index in [2.05, 4.69) is 5.32 Å². The largest absolute Gasteiger partial charge is 0.352 e. The molecule has 3 rings (SSSR count). The van der Waals surface area contributed by atoms with Crippen molar-refractivity contribution >= 4 is 17.7 Å². The standard InChI is InChI=1S/C17H21N3O3/c1-13(21)20-12-9-18-16(23)17(20)7-10-19(11-8-17)15(22)14-5-3-2-4-6-14/h2-6H,7-12H2,1H3,(H,18,23). The summed E-state index contributed by atoms with van der Waals surface area (Å²) in [6.45, 7) is 3.48. The SMILES string of the molecule is CC(=O)N1CCNC(=O)C12CCN(C(=O)c1ccccc1)CC2. The number of piperidine rings is 1. The molecule has 1 aromatic carbocycles.